The van der Waals surface area contributed by atoms with E-state index in [0.717, 1.165) is 12.2 Å². The van der Waals surface area contributed by atoms with E-state index in [1.165, 1.54) is 0 Å². The van der Waals surface area contributed by atoms with Crippen LogP contribution >= 0.6 is 0 Å². The first-order chi connectivity index (χ1) is 4.31. The van der Waals surface area contributed by atoms with E-state index in [4.69, 9.17) is 4.74 Å². The first-order valence-corrected chi connectivity index (χ1v) is 2.94. The Morgan fingerprint density at radius 1 is 1.89 bits per heavy atom. The molecule has 0 aliphatic carbocycles. The van der Waals surface area contributed by atoms with Crippen molar-refractivity contribution in [1.29, 1.82) is 0 Å². The molecule has 0 radical (unpaired) electrons. The summed E-state index contributed by atoms with van der Waals surface area (Å²) in [5, 5.41) is 6.57. The van der Waals surface area contributed by atoms with Crippen LogP contribution in [-0.4, -0.2) is 16.8 Å². The number of epoxide rings is 1. The Bertz CT molecular complexity index is 201. The van der Waals surface area contributed by atoms with Crippen molar-refractivity contribution in [2.45, 2.75) is 12.5 Å². The number of nitrogens with one attached hydrogen (secondary N) is 1. The molecule has 1 N–H and O–H groups in total. The summed E-state index contributed by atoms with van der Waals surface area (Å²) in [6.07, 6.45) is 3.67. The fourth-order valence-corrected chi connectivity index (χ4v) is 0.815. The van der Waals surface area contributed by atoms with E-state index in [1.54, 1.807) is 6.20 Å². The van der Waals surface area contributed by atoms with Gasteiger partial charge in [0.15, 0.2) is 0 Å². The van der Waals surface area contributed by atoms with Gasteiger partial charge in [0.25, 0.3) is 0 Å². The van der Waals surface area contributed by atoms with Crippen LogP contribution in [0.15, 0.2) is 12.4 Å². The highest BCUT2D eigenvalue weighted by Gasteiger charge is 2.41. The second-order valence-corrected chi connectivity index (χ2v) is 2.51. The van der Waals surface area contributed by atoms with E-state index < -0.39 is 0 Å². The van der Waals surface area contributed by atoms with Gasteiger partial charge < -0.3 is 4.74 Å². The summed E-state index contributed by atoms with van der Waals surface area (Å²) in [7, 11) is 0. The highest BCUT2D eigenvalue weighted by atomic mass is 16.6. The largest absolute Gasteiger partial charge is 0.365 e. The third kappa shape index (κ3) is 0.650. The van der Waals surface area contributed by atoms with Crippen molar-refractivity contribution in [3.63, 3.8) is 0 Å². The maximum atomic E-state index is 5.18. The molecule has 2 rings (SSSR count). The molecule has 3 nitrogen and oxygen atoms in total. The van der Waals surface area contributed by atoms with Crippen LogP contribution in [0.5, 0.6) is 0 Å². The molecular weight excluding hydrogens is 116 g/mol. The summed E-state index contributed by atoms with van der Waals surface area (Å²) >= 11 is 0. The lowest BCUT2D eigenvalue weighted by Crippen LogP contribution is -1.98. The first-order valence-electron chi connectivity index (χ1n) is 2.94. The fraction of sp³-hybridized carbons (Fsp3) is 0.500. The zero-order chi connectivity index (χ0) is 6.32. The molecule has 0 spiro atoms. The van der Waals surface area contributed by atoms with Crippen LogP contribution in [0.4, 0.5) is 0 Å². The number of nitrogens with zero attached hydrogens (tertiary/aromatic N) is 1. The summed E-state index contributed by atoms with van der Waals surface area (Å²) in [5.41, 5.74) is 1.12. The average molecular weight is 124 g/mol. The Kier molecular flexibility index (Phi) is 0.754. The monoisotopic (exact) mass is 124 g/mol. The van der Waals surface area contributed by atoms with Gasteiger partial charge in [-0.1, -0.05) is 0 Å². The van der Waals surface area contributed by atoms with E-state index >= 15 is 0 Å². The van der Waals surface area contributed by atoms with Crippen molar-refractivity contribution in [3.05, 3.63) is 18.0 Å². The van der Waals surface area contributed by atoms with E-state index in [2.05, 4.69) is 17.1 Å². The van der Waals surface area contributed by atoms with Gasteiger partial charge in [-0.2, -0.15) is 5.10 Å². The van der Waals surface area contributed by atoms with Crippen LogP contribution in [0.3, 0.4) is 0 Å². The number of aromatic amines is 1. The molecule has 1 aliphatic heterocycles. The molecular formula is C6H8N2O. The summed E-state index contributed by atoms with van der Waals surface area (Å²) in [6, 6.07) is 0. The van der Waals surface area contributed by atoms with Crippen molar-refractivity contribution < 1.29 is 4.74 Å². The molecule has 3 heteroatoms. The normalized spacial score (nSPS) is 32.6. The quantitative estimate of drug-likeness (QED) is 0.558. The molecule has 0 bridgehead atoms. The Balaban J connectivity index is 2.34. The van der Waals surface area contributed by atoms with Gasteiger partial charge in [0.05, 0.1) is 12.8 Å². The van der Waals surface area contributed by atoms with Crippen molar-refractivity contribution in [2.24, 2.45) is 0 Å². The minimum Gasteiger partial charge on any atom is -0.365 e. The van der Waals surface area contributed by atoms with Crippen molar-refractivity contribution in [3.8, 4) is 0 Å². The topological polar surface area (TPSA) is 41.2 Å². The third-order valence-corrected chi connectivity index (χ3v) is 1.69. The molecule has 0 saturated carbocycles. The Hall–Kier alpha value is -0.830. The second-order valence-electron chi connectivity index (χ2n) is 2.51. The van der Waals surface area contributed by atoms with Crippen LogP contribution in [0.25, 0.3) is 0 Å². The van der Waals surface area contributed by atoms with Gasteiger partial charge in [0, 0.05) is 11.8 Å². The first kappa shape index (κ1) is 4.99. The van der Waals surface area contributed by atoms with Gasteiger partial charge in [0.2, 0.25) is 0 Å². The van der Waals surface area contributed by atoms with E-state index in [-0.39, 0.29) is 5.60 Å². The van der Waals surface area contributed by atoms with E-state index in [9.17, 15) is 0 Å². The van der Waals surface area contributed by atoms with Crippen LogP contribution in [0.1, 0.15) is 12.5 Å². The standard InChI is InChI=1S/C6H8N2O/c1-6(4-9-6)5-2-7-8-3-5/h2-3H,4H2,1H3,(H,7,8). The second kappa shape index (κ2) is 1.36. The Morgan fingerprint density at radius 3 is 3.11 bits per heavy atom. The zero-order valence-electron chi connectivity index (χ0n) is 5.22. The van der Waals surface area contributed by atoms with Crippen molar-refractivity contribution in [1.82, 2.24) is 10.2 Å². The molecule has 1 aliphatic rings. The van der Waals surface area contributed by atoms with Crippen molar-refractivity contribution >= 4 is 0 Å². The lowest BCUT2D eigenvalue weighted by atomic mass is 10.1. The fourth-order valence-electron chi connectivity index (χ4n) is 0.815. The van der Waals surface area contributed by atoms with Gasteiger partial charge in [-0.15, -0.1) is 0 Å². The average Bonchev–Trinajstić information content (AvgIpc) is 2.46. The molecule has 0 amide bonds. The Morgan fingerprint density at radius 2 is 2.67 bits per heavy atom. The van der Waals surface area contributed by atoms with Gasteiger partial charge in [-0.3, -0.25) is 5.10 Å². The van der Waals surface area contributed by atoms with Gasteiger partial charge in [0.1, 0.15) is 5.60 Å². The zero-order valence-corrected chi connectivity index (χ0v) is 5.22. The molecule has 2 heterocycles. The molecule has 1 atom stereocenters. The van der Waals surface area contributed by atoms with Crippen molar-refractivity contribution in [2.75, 3.05) is 6.61 Å². The molecule has 1 fully saturated rings. The molecule has 1 aromatic heterocycles. The van der Waals surface area contributed by atoms with E-state index in [0.29, 0.717) is 0 Å². The molecule has 48 valence electrons. The highest BCUT2D eigenvalue weighted by Crippen LogP contribution is 2.36. The predicted octanol–water partition coefficient (Wildman–Crippen LogP) is 0.655. The molecule has 1 saturated heterocycles. The summed E-state index contributed by atoms with van der Waals surface area (Å²) in [4.78, 5) is 0. The molecule has 1 unspecified atom stereocenters. The smallest absolute Gasteiger partial charge is 0.117 e. The highest BCUT2D eigenvalue weighted by molar-refractivity contribution is 5.18. The van der Waals surface area contributed by atoms with E-state index in [1.807, 2.05) is 6.20 Å². The van der Waals surface area contributed by atoms with Gasteiger partial charge >= 0.3 is 0 Å². The third-order valence-electron chi connectivity index (χ3n) is 1.69. The van der Waals surface area contributed by atoms with Gasteiger partial charge in [-0.25, -0.2) is 0 Å². The number of ether oxygens (including phenoxy) is 1. The SMILES string of the molecule is CC1(c2cn[nH]c2)CO1. The lowest BCUT2D eigenvalue weighted by molar-refractivity contribution is 0.329. The maximum Gasteiger partial charge on any atom is 0.117 e. The number of aromatic nitrogens is 2. The number of hydrogen-bond donors (Lipinski definition) is 1. The number of hydrogen-bond acceptors (Lipinski definition) is 2. The minimum atomic E-state index is -0.0208. The van der Waals surface area contributed by atoms with Crippen LogP contribution < -0.4 is 0 Å². The molecule has 1 aromatic rings. The van der Waals surface area contributed by atoms with Gasteiger partial charge in [-0.05, 0) is 6.92 Å². The number of H-pyrrole nitrogens is 1. The summed E-state index contributed by atoms with van der Waals surface area (Å²) < 4.78 is 5.18. The van der Waals surface area contributed by atoms with Crippen LogP contribution in [0, 0.1) is 0 Å². The minimum absolute atomic E-state index is 0.0208. The Labute approximate surface area is 53.0 Å². The summed E-state index contributed by atoms with van der Waals surface area (Å²) in [6.45, 7) is 2.88. The number of rotatable bonds is 1. The molecule has 0 aromatic carbocycles. The maximum absolute atomic E-state index is 5.18. The summed E-state index contributed by atoms with van der Waals surface area (Å²) in [5.74, 6) is 0. The lowest BCUT2D eigenvalue weighted by Gasteiger charge is -1.95. The van der Waals surface area contributed by atoms with Crippen LogP contribution in [0.2, 0.25) is 0 Å². The molecule has 9 heavy (non-hydrogen) atoms. The predicted molar refractivity (Wildman–Crippen MR) is 31.9 cm³/mol. The van der Waals surface area contributed by atoms with Crippen LogP contribution in [-0.2, 0) is 10.3 Å².